The second-order valence-corrected chi connectivity index (χ2v) is 10.5. The third-order valence-corrected chi connectivity index (χ3v) is 7.59. The second-order valence-electron chi connectivity index (χ2n) is 8.81. The standard InChI is InChI=1S/C32H26N2O4S/c1-38-27-18-14-23(15-19-27)22-30(25-8-3-2-4-9-25)32(35)33-26-16-20-28(21-17-26)39(36,37)34-31-13-7-11-24-10-5-6-12-29(24)31/h2-22,34H,1H3,(H,33,35)/b30-22+. The van der Waals surface area contributed by atoms with Crippen LogP contribution in [0.2, 0.25) is 0 Å². The van der Waals surface area contributed by atoms with E-state index in [9.17, 15) is 13.2 Å². The van der Waals surface area contributed by atoms with Crippen LogP contribution in [0.3, 0.4) is 0 Å². The van der Waals surface area contributed by atoms with Crippen LogP contribution < -0.4 is 14.8 Å². The Balaban J connectivity index is 1.37. The van der Waals surface area contributed by atoms with Gasteiger partial charge in [-0.2, -0.15) is 0 Å². The average molecular weight is 535 g/mol. The zero-order chi connectivity index (χ0) is 27.2. The van der Waals surface area contributed by atoms with E-state index in [2.05, 4.69) is 10.0 Å². The van der Waals surface area contributed by atoms with E-state index in [4.69, 9.17) is 4.74 Å². The van der Waals surface area contributed by atoms with Gasteiger partial charge in [-0.15, -0.1) is 0 Å². The molecule has 2 N–H and O–H groups in total. The van der Waals surface area contributed by atoms with E-state index in [1.54, 1.807) is 31.4 Å². The van der Waals surface area contributed by atoms with Crippen LogP contribution in [0.4, 0.5) is 11.4 Å². The number of hydrogen-bond donors (Lipinski definition) is 2. The smallest absolute Gasteiger partial charge is 0.261 e. The lowest BCUT2D eigenvalue weighted by Gasteiger charge is -2.12. The summed E-state index contributed by atoms with van der Waals surface area (Å²) < 4.78 is 34.1. The van der Waals surface area contributed by atoms with Gasteiger partial charge in [-0.3, -0.25) is 9.52 Å². The Morgan fingerprint density at radius 3 is 2.13 bits per heavy atom. The number of nitrogens with one attached hydrogen (secondary N) is 2. The molecule has 0 aliphatic rings. The number of carbonyl (C=O) groups is 1. The van der Waals surface area contributed by atoms with Gasteiger partial charge < -0.3 is 10.1 Å². The summed E-state index contributed by atoms with van der Waals surface area (Å²) in [5.74, 6) is 0.407. The van der Waals surface area contributed by atoms with Crippen molar-refractivity contribution in [3.05, 3.63) is 132 Å². The van der Waals surface area contributed by atoms with E-state index in [1.807, 2.05) is 91.0 Å². The summed E-state index contributed by atoms with van der Waals surface area (Å²) in [5.41, 5.74) is 3.03. The highest BCUT2D eigenvalue weighted by Crippen LogP contribution is 2.27. The average Bonchev–Trinajstić information content (AvgIpc) is 2.97. The molecule has 0 atom stereocenters. The number of anilines is 2. The Hall–Kier alpha value is -4.88. The van der Waals surface area contributed by atoms with Gasteiger partial charge in [0.15, 0.2) is 0 Å². The fourth-order valence-electron chi connectivity index (χ4n) is 4.20. The van der Waals surface area contributed by atoms with Gasteiger partial charge in [-0.25, -0.2) is 8.42 Å². The molecule has 0 spiro atoms. The Bertz CT molecular complexity index is 1740. The van der Waals surface area contributed by atoms with Crippen molar-refractivity contribution in [1.82, 2.24) is 0 Å². The van der Waals surface area contributed by atoms with E-state index in [-0.39, 0.29) is 10.8 Å². The van der Waals surface area contributed by atoms with Crippen LogP contribution in [0.25, 0.3) is 22.4 Å². The van der Waals surface area contributed by atoms with Crippen LogP contribution in [0, 0.1) is 0 Å². The maximum Gasteiger partial charge on any atom is 0.261 e. The second kappa shape index (κ2) is 11.2. The van der Waals surface area contributed by atoms with Gasteiger partial charge in [-0.1, -0.05) is 78.9 Å². The third-order valence-electron chi connectivity index (χ3n) is 6.21. The molecule has 0 radical (unpaired) electrons. The molecule has 0 aliphatic carbocycles. The quantitative estimate of drug-likeness (QED) is 0.169. The van der Waals surface area contributed by atoms with Gasteiger partial charge >= 0.3 is 0 Å². The number of benzene rings is 5. The Morgan fingerprint density at radius 2 is 1.41 bits per heavy atom. The predicted octanol–water partition coefficient (Wildman–Crippen LogP) is 6.83. The predicted molar refractivity (Wildman–Crippen MR) is 157 cm³/mol. The lowest BCUT2D eigenvalue weighted by molar-refractivity contribution is -0.111. The highest BCUT2D eigenvalue weighted by Gasteiger charge is 2.17. The summed E-state index contributed by atoms with van der Waals surface area (Å²) in [6.45, 7) is 0. The largest absolute Gasteiger partial charge is 0.497 e. The molecule has 5 aromatic rings. The molecule has 0 heterocycles. The summed E-state index contributed by atoms with van der Waals surface area (Å²) in [6.07, 6.45) is 1.80. The van der Waals surface area contributed by atoms with Crippen LogP contribution in [0.1, 0.15) is 11.1 Å². The molecule has 0 fully saturated rings. The third kappa shape index (κ3) is 6.00. The SMILES string of the molecule is COc1ccc(/C=C(/C(=O)Nc2ccc(S(=O)(=O)Nc3cccc4ccccc34)cc2)c2ccccc2)cc1. The highest BCUT2D eigenvalue weighted by molar-refractivity contribution is 7.92. The molecule has 0 bridgehead atoms. The van der Waals surface area contributed by atoms with Crippen LogP contribution in [0.5, 0.6) is 5.75 Å². The minimum Gasteiger partial charge on any atom is -0.497 e. The summed E-state index contributed by atoms with van der Waals surface area (Å²) in [7, 11) is -2.24. The van der Waals surface area contributed by atoms with E-state index in [1.165, 1.54) is 12.1 Å². The summed E-state index contributed by atoms with van der Waals surface area (Å²) in [5, 5.41) is 4.64. The first-order valence-electron chi connectivity index (χ1n) is 12.3. The zero-order valence-corrected chi connectivity index (χ0v) is 22.0. The van der Waals surface area contributed by atoms with E-state index >= 15 is 0 Å². The lowest BCUT2D eigenvalue weighted by Crippen LogP contribution is -2.15. The number of hydrogen-bond acceptors (Lipinski definition) is 4. The molecule has 7 heteroatoms. The topological polar surface area (TPSA) is 84.5 Å². The van der Waals surface area contributed by atoms with Crippen molar-refractivity contribution in [3.8, 4) is 5.75 Å². The summed E-state index contributed by atoms with van der Waals surface area (Å²) >= 11 is 0. The molecular formula is C32H26N2O4S. The number of amides is 1. The van der Waals surface area contributed by atoms with Crippen molar-refractivity contribution in [2.24, 2.45) is 0 Å². The van der Waals surface area contributed by atoms with Gasteiger partial charge in [0.05, 0.1) is 17.7 Å². The zero-order valence-electron chi connectivity index (χ0n) is 21.2. The van der Waals surface area contributed by atoms with Gasteiger partial charge in [0.25, 0.3) is 15.9 Å². The number of carbonyl (C=O) groups excluding carboxylic acids is 1. The molecule has 5 rings (SSSR count). The first kappa shape index (κ1) is 25.8. The minimum atomic E-state index is -3.84. The Morgan fingerprint density at radius 1 is 0.744 bits per heavy atom. The molecule has 194 valence electrons. The Kier molecular flexibility index (Phi) is 7.43. The van der Waals surface area contributed by atoms with E-state index in [0.717, 1.165) is 27.6 Å². The molecule has 0 saturated carbocycles. The number of ether oxygens (including phenoxy) is 1. The molecule has 6 nitrogen and oxygen atoms in total. The molecule has 0 saturated heterocycles. The molecular weight excluding hydrogens is 508 g/mol. The van der Waals surface area contributed by atoms with Crippen molar-refractivity contribution in [2.75, 3.05) is 17.1 Å². The first-order chi connectivity index (χ1) is 18.9. The van der Waals surface area contributed by atoms with Gasteiger partial charge in [0.1, 0.15) is 5.75 Å². The first-order valence-corrected chi connectivity index (χ1v) is 13.7. The molecule has 5 aromatic carbocycles. The fraction of sp³-hybridized carbons (Fsp3) is 0.0312. The number of fused-ring (bicyclic) bond motifs is 1. The van der Waals surface area contributed by atoms with Crippen LogP contribution >= 0.6 is 0 Å². The maximum atomic E-state index is 13.4. The summed E-state index contributed by atoms with van der Waals surface area (Å²) in [4.78, 5) is 13.4. The minimum absolute atomic E-state index is 0.0884. The van der Waals surface area contributed by atoms with E-state index < -0.39 is 10.0 Å². The van der Waals surface area contributed by atoms with Crippen molar-refractivity contribution < 1.29 is 17.9 Å². The molecule has 0 aliphatic heterocycles. The normalized spacial score (nSPS) is 11.7. The molecule has 39 heavy (non-hydrogen) atoms. The lowest BCUT2D eigenvalue weighted by atomic mass is 10.0. The Labute approximate surface area is 227 Å². The van der Waals surface area contributed by atoms with Crippen LogP contribution in [-0.2, 0) is 14.8 Å². The van der Waals surface area contributed by atoms with Crippen molar-refractivity contribution >= 4 is 49.7 Å². The molecule has 0 aromatic heterocycles. The summed E-state index contributed by atoms with van der Waals surface area (Å²) in [6, 6.07) is 35.9. The number of methoxy groups -OCH3 is 1. The monoisotopic (exact) mass is 534 g/mol. The van der Waals surface area contributed by atoms with Crippen molar-refractivity contribution in [2.45, 2.75) is 4.90 Å². The molecule has 1 amide bonds. The fourth-order valence-corrected chi connectivity index (χ4v) is 5.28. The van der Waals surface area contributed by atoms with Gasteiger partial charge in [0.2, 0.25) is 0 Å². The van der Waals surface area contributed by atoms with Crippen LogP contribution in [0.15, 0.2) is 126 Å². The highest BCUT2D eigenvalue weighted by atomic mass is 32.2. The van der Waals surface area contributed by atoms with Crippen molar-refractivity contribution in [1.29, 1.82) is 0 Å². The molecule has 0 unspecified atom stereocenters. The maximum absolute atomic E-state index is 13.4. The van der Waals surface area contributed by atoms with Crippen molar-refractivity contribution in [3.63, 3.8) is 0 Å². The number of sulfonamides is 1. The number of rotatable bonds is 8. The van der Waals surface area contributed by atoms with Gasteiger partial charge in [0, 0.05) is 16.6 Å². The van der Waals surface area contributed by atoms with E-state index in [0.29, 0.717) is 16.9 Å². The van der Waals surface area contributed by atoms with Crippen LogP contribution in [-0.4, -0.2) is 21.4 Å². The van der Waals surface area contributed by atoms with Gasteiger partial charge in [-0.05, 0) is 65.1 Å².